The maximum absolute atomic E-state index is 15.1. The number of aromatic nitrogens is 1. The molecule has 0 aliphatic carbocycles. The molecule has 1 aliphatic rings. The van der Waals surface area contributed by atoms with Gasteiger partial charge >= 0.3 is 0 Å². The van der Waals surface area contributed by atoms with E-state index in [9.17, 15) is 4.79 Å². The predicted octanol–water partition coefficient (Wildman–Crippen LogP) is 5.29. The summed E-state index contributed by atoms with van der Waals surface area (Å²) in [4.78, 5) is 23.1. The highest BCUT2D eigenvalue weighted by molar-refractivity contribution is 5.96. The standard InChI is InChI=1S/C31H35F2N5O3/c1-20-16-22(8-9-23(20)30(39)37(4)11-10-36(2)3)34-31-35-28-7-5-6-24(29(28)41-31)21-17-26(32)25(27(33)18-21)19-38-12-14-40-15-13-38/h5-9,16-18H,10-15,19H2,1-4H3,(H,34,35). The van der Waals surface area contributed by atoms with Crippen molar-refractivity contribution in [3.05, 3.63) is 76.9 Å². The molecule has 8 nitrogen and oxygen atoms in total. The number of halogens is 2. The highest BCUT2D eigenvalue weighted by Crippen LogP contribution is 2.34. The van der Waals surface area contributed by atoms with E-state index >= 15 is 8.78 Å². The number of carbonyl (C=O) groups excluding carboxylic acids is 1. The zero-order valence-corrected chi connectivity index (χ0v) is 23.8. The Kier molecular flexibility index (Phi) is 8.63. The quantitative estimate of drug-likeness (QED) is 0.297. The summed E-state index contributed by atoms with van der Waals surface area (Å²) in [5, 5.41) is 3.15. The first-order chi connectivity index (χ1) is 19.7. The van der Waals surface area contributed by atoms with Gasteiger partial charge in [0.15, 0.2) is 5.58 Å². The Labute approximate surface area is 238 Å². The molecule has 3 aromatic carbocycles. The van der Waals surface area contributed by atoms with Crippen LogP contribution in [-0.4, -0.2) is 86.1 Å². The van der Waals surface area contributed by atoms with Crippen molar-refractivity contribution < 1.29 is 22.7 Å². The van der Waals surface area contributed by atoms with Crippen LogP contribution in [0.25, 0.3) is 22.2 Å². The third-order valence-electron chi connectivity index (χ3n) is 7.29. The van der Waals surface area contributed by atoms with Gasteiger partial charge in [-0.2, -0.15) is 4.98 Å². The van der Waals surface area contributed by atoms with Crippen molar-refractivity contribution in [1.29, 1.82) is 0 Å². The lowest BCUT2D eigenvalue weighted by molar-refractivity contribution is 0.0332. The highest BCUT2D eigenvalue weighted by atomic mass is 19.1. The fraction of sp³-hybridized carbons (Fsp3) is 0.355. The summed E-state index contributed by atoms with van der Waals surface area (Å²) in [7, 11) is 5.74. The fourth-order valence-corrected chi connectivity index (χ4v) is 4.88. The second-order valence-corrected chi connectivity index (χ2v) is 10.7. The lowest BCUT2D eigenvalue weighted by Crippen LogP contribution is -2.36. The molecule has 1 aromatic heterocycles. The zero-order valence-electron chi connectivity index (χ0n) is 23.8. The molecule has 4 aromatic rings. The number of para-hydroxylation sites is 1. The number of hydrogen-bond donors (Lipinski definition) is 1. The lowest BCUT2D eigenvalue weighted by Gasteiger charge is -2.26. The number of benzene rings is 3. The van der Waals surface area contributed by atoms with E-state index in [2.05, 4.69) is 10.3 Å². The molecule has 0 saturated carbocycles. The lowest BCUT2D eigenvalue weighted by atomic mass is 10.0. The van der Waals surface area contributed by atoms with Crippen molar-refractivity contribution in [3.8, 4) is 11.1 Å². The number of likely N-dealkylation sites (N-methyl/N-ethyl adjacent to an activating group) is 2. The minimum atomic E-state index is -0.598. The SMILES string of the molecule is Cc1cc(Nc2nc3cccc(-c4cc(F)c(CN5CCOCC5)c(F)c4)c3o2)ccc1C(=O)N(C)CCN(C)C. The van der Waals surface area contributed by atoms with Crippen LogP contribution in [0.4, 0.5) is 20.5 Å². The van der Waals surface area contributed by atoms with E-state index in [1.165, 1.54) is 12.1 Å². The number of oxazole rings is 1. The molecule has 0 spiro atoms. The molecule has 1 N–H and O–H groups in total. The van der Waals surface area contributed by atoms with Crippen LogP contribution < -0.4 is 5.32 Å². The van der Waals surface area contributed by atoms with Crippen molar-refractivity contribution in [2.45, 2.75) is 13.5 Å². The van der Waals surface area contributed by atoms with Gasteiger partial charge in [0.05, 0.1) is 13.2 Å². The molecule has 1 amide bonds. The minimum Gasteiger partial charge on any atom is -0.423 e. The number of morpholine rings is 1. The van der Waals surface area contributed by atoms with Crippen LogP contribution in [-0.2, 0) is 11.3 Å². The van der Waals surface area contributed by atoms with Crippen LogP contribution in [0.2, 0.25) is 0 Å². The van der Waals surface area contributed by atoms with Crippen molar-refractivity contribution in [1.82, 2.24) is 19.7 Å². The van der Waals surface area contributed by atoms with Crippen LogP contribution in [0.15, 0.2) is 52.9 Å². The van der Waals surface area contributed by atoms with E-state index in [0.717, 1.165) is 12.1 Å². The highest BCUT2D eigenvalue weighted by Gasteiger charge is 2.20. The predicted molar refractivity (Wildman–Crippen MR) is 155 cm³/mol. The van der Waals surface area contributed by atoms with Crippen LogP contribution in [0.1, 0.15) is 21.5 Å². The first kappa shape index (κ1) is 28.7. The van der Waals surface area contributed by atoms with Gasteiger partial charge in [-0.05, 0) is 68.5 Å². The number of nitrogens with zero attached hydrogens (tertiary/aromatic N) is 4. The summed E-state index contributed by atoms with van der Waals surface area (Å²) in [5.74, 6) is -1.24. The van der Waals surface area contributed by atoms with Gasteiger partial charge in [-0.1, -0.05) is 12.1 Å². The van der Waals surface area contributed by atoms with Crippen LogP contribution in [0.3, 0.4) is 0 Å². The average Bonchev–Trinajstić information content (AvgIpc) is 3.36. The Morgan fingerprint density at radius 2 is 1.76 bits per heavy atom. The molecular weight excluding hydrogens is 528 g/mol. The Bertz CT molecular complexity index is 1530. The monoisotopic (exact) mass is 563 g/mol. The normalized spacial score (nSPS) is 14.1. The van der Waals surface area contributed by atoms with E-state index in [4.69, 9.17) is 9.15 Å². The van der Waals surface area contributed by atoms with Crippen LogP contribution in [0, 0.1) is 18.6 Å². The molecular formula is C31H35F2N5O3. The number of anilines is 2. The largest absolute Gasteiger partial charge is 0.423 e. The molecule has 1 aliphatic heterocycles. The fourth-order valence-electron chi connectivity index (χ4n) is 4.88. The van der Waals surface area contributed by atoms with E-state index in [0.29, 0.717) is 66.3 Å². The third kappa shape index (κ3) is 6.56. The van der Waals surface area contributed by atoms with E-state index < -0.39 is 11.6 Å². The first-order valence-corrected chi connectivity index (χ1v) is 13.7. The van der Waals surface area contributed by atoms with E-state index in [-0.39, 0.29) is 24.0 Å². The summed E-state index contributed by atoms with van der Waals surface area (Å²) < 4.78 is 41.6. The zero-order chi connectivity index (χ0) is 29.1. The summed E-state index contributed by atoms with van der Waals surface area (Å²) in [5.41, 5.74) is 4.06. The van der Waals surface area contributed by atoms with Crippen molar-refractivity contribution in [2.24, 2.45) is 0 Å². The summed E-state index contributed by atoms with van der Waals surface area (Å²) in [6.45, 7) is 5.87. The Balaban J connectivity index is 1.35. The molecule has 0 radical (unpaired) electrons. The Morgan fingerprint density at radius 3 is 2.44 bits per heavy atom. The summed E-state index contributed by atoms with van der Waals surface area (Å²) in [6.07, 6.45) is 0. The molecule has 216 valence electrons. The van der Waals surface area contributed by atoms with Gasteiger partial charge in [-0.15, -0.1) is 0 Å². The van der Waals surface area contributed by atoms with Gasteiger partial charge in [0, 0.05) is 62.1 Å². The molecule has 5 rings (SSSR count). The van der Waals surface area contributed by atoms with Gasteiger partial charge in [0.1, 0.15) is 17.2 Å². The van der Waals surface area contributed by atoms with Crippen molar-refractivity contribution in [2.75, 3.05) is 65.9 Å². The maximum Gasteiger partial charge on any atom is 0.300 e. The molecule has 41 heavy (non-hydrogen) atoms. The number of nitrogens with one attached hydrogen (secondary N) is 1. The number of rotatable bonds is 9. The van der Waals surface area contributed by atoms with Gasteiger partial charge < -0.3 is 24.3 Å². The number of aryl methyl sites for hydroxylation is 1. The average molecular weight is 564 g/mol. The van der Waals surface area contributed by atoms with Gasteiger partial charge in [-0.3, -0.25) is 9.69 Å². The number of amides is 1. The van der Waals surface area contributed by atoms with Crippen molar-refractivity contribution >= 4 is 28.7 Å². The Morgan fingerprint density at radius 1 is 1.02 bits per heavy atom. The molecule has 1 fully saturated rings. The molecule has 0 unspecified atom stereocenters. The molecule has 10 heteroatoms. The smallest absolute Gasteiger partial charge is 0.300 e. The third-order valence-corrected chi connectivity index (χ3v) is 7.29. The summed E-state index contributed by atoms with van der Waals surface area (Å²) in [6, 6.07) is 13.7. The molecule has 2 heterocycles. The van der Waals surface area contributed by atoms with Crippen molar-refractivity contribution in [3.63, 3.8) is 0 Å². The maximum atomic E-state index is 15.1. The number of ether oxygens (including phenoxy) is 1. The van der Waals surface area contributed by atoms with Crippen LogP contribution >= 0.6 is 0 Å². The molecule has 0 bridgehead atoms. The Hall–Kier alpha value is -3.86. The number of fused-ring (bicyclic) bond motifs is 1. The molecule has 1 saturated heterocycles. The number of hydrogen-bond acceptors (Lipinski definition) is 7. The second-order valence-electron chi connectivity index (χ2n) is 10.7. The topological polar surface area (TPSA) is 74.1 Å². The molecule has 0 atom stereocenters. The summed E-state index contributed by atoms with van der Waals surface area (Å²) >= 11 is 0. The first-order valence-electron chi connectivity index (χ1n) is 13.7. The second kappa shape index (κ2) is 12.3. The van der Waals surface area contributed by atoms with Gasteiger partial charge in [0.2, 0.25) is 0 Å². The minimum absolute atomic E-state index is 0.0437. The van der Waals surface area contributed by atoms with E-state index in [1.54, 1.807) is 42.3 Å². The van der Waals surface area contributed by atoms with E-state index in [1.807, 2.05) is 36.9 Å². The van der Waals surface area contributed by atoms with Gasteiger partial charge in [-0.25, -0.2) is 8.78 Å². The van der Waals surface area contributed by atoms with Crippen LogP contribution in [0.5, 0.6) is 0 Å². The van der Waals surface area contributed by atoms with Gasteiger partial charge in [0.25, 0.3) is 11.9 Å². The number of carbonyl (C=O) groups is 1.